The summed E-state index contributed by atoms with van der Waals surface area (Å²) < 4.78 is 14.9. The van der Waals surface area contributed by atoms with Crippen LogP contribution in [0.1, 0.15) is 11.1 Å². The Kier molecular flexibility index (Phi) is 6.76. The summed E-state index contributed by atoms with van der Waals surface area (Å²) in [5.74, 6) is 0.647. The van der Waals surface area contributed by atoms with Crippen molar-refractivity contribution in [1.29, 1.82) is 0 Å². The van der Waals surface area contributed by atoms with Gasteiger partial charge in [0.2, 0.25) is 0 Å². The van der Waals surface area contributed by atoms with Gasteiger partial charge in [-0.2, -0.15) is 5.10 Å². The number of hydrogen-bond donors (Lipinski definition) is 1. The van der Waals surface area contributed by atoms with Gasteiger partial charge in [-0.25, -0.2) is 15.2 Å². The number of hydrazone groups is 1. The minimum absolute atomic E-state index is 0.157. The molecule has 0 bridgehead atoms. The maximum atomic E-state index is 12.5. The normalized spacial score (nSPS) is 11.2. The highest BCUT2D eigenvalue weighted by atomic mass is 16.5. The van der Waals surface area contributed by atoms with Crippen molar-refractivity contribution in [2.45, 2.75) is 13.2 Å². The molecule has 4 aromatic rings. The summed E-state index contributed by atoms with van der Waals surface area (Å²) in [7, 11) is 4.45. The van der Waals surface area contributed by atoms with Crippen LogP contribution in [0.4, 0.5) is 0 Å². The third-order valence-corrected chi connectivity index (χ3v) is 5.36. The second kappa shape index (κ2) is 10.1. The molecule has 1 amide bonds. The number of ether oxygens (including phenoxy) is 2. The SMILES string of the molecule is COc1ccc(/C=N/NC(=O)Cn2cnc3c2c(=O)n(C)c(=O)n3C)cc1OCc1ccccc1. The maximum absolute atomic E-state index is 12.5. The molecule has 0 aliphatic heterocycles. The first-order chi connectivity index (χ1) is 16.9. The van der Waals surface area contributed by atoms with Crippen LogP contribution in [0.25, 0.3) is 11.2 Å². The van der Waals surface area contributed by atoms with Crippen LogP contribution in [0.15, 0.2) is 69.5 Å². The first kappa shape index (κ1) is 23.5. The van der Waals surface area contributed by atoms with Crippen molar-refractivity contribution in [1.82, 2.24) is 24.1 Å². The maximum Gasteiger partial charge on any atom is 0.332 e. The standard InChI is InChI=1S/C24H24N6O5/c1-28-22-21(23(32)29(2)24(28)33)30(15-25-22)13-20(31)27-26-12-17-9-10-18(34-3)19(11-17)35-14-16-7-5-4-6-8-16/h4-12,15H,13-14H2,1-3H3,(H,27,31)/b26-12+. The molecule has 0 aliphatic carbocycles. The number of hydrogen-bond acceptors (Lipinski definition) is 7. The Morgan fingerprint density at radius 3 is 2.60 bits per heavy atom. The molecule has 4 rings (SSSR count). The topological polar surface area (TPSA) is 122 Å². The third-order valence-electron chi connectivity index (χ3n) is 5.36. The first-order valence-corrected chi connectivity index (χ1v) is 10.7. The number of benzene rings is 2. The fraction of sp³-hybridized carbons (Fsp3) is 0.208. The molecule has 2 aromatic heterocycles. The van der Waals surface area contributed by atoms with Crippen LogP contribution in [0.2, 0.25) is 0 Å². The van der Waals surface area contributed by atoms with Gasteiger partial charge in [-0.1, -0.05) is 30.3 Å². The number of rotatable bonds is 8. The Hall–Kier alpha value is -4.67. The van der Waals surface area contributed by atoms with Crippen LogP contribution < -0.4 is 26.1 Å². The van der Waals surface area contributed by atoms with Gasteiger partial charge in [-0.3, -0.25) is 18.7 Å². The number of carbonyl (C=O) groups excluding carboxylic acids is 1. The molecule has 0 saturated carbocycles. The lowest BCUT2D eigenvalue weighted by Gasteiger charge is -2.11. The minimum atomic E-state index is -0.529. The predicted molar refractivity (Wildman–Crippen MR) is 130 cm³/mol. The number of methoxy groups -OCH3 is 1. The van der Waals surface area contributed by atoms with Gasteiger partial charge in [0.05, 0.1) is 19.7 Å². The van der Waals surface area contributed by atoms with Crippen LogP contribution in [-0.4, -0.2) is 37.9 Å². The van der Waals surface area contributed by atoms with Gasteiger partial charge in [0.1, 0.15) is 13.2 Å². The summed E-state index contributed by atoms with van der Waals surface area (Å²) in [5.41, 5.74) is 3.47. The largest absolute Gasteiger partial charge is 0.493 e. The molecule has 0 unspecified atom stereocenters. The fourth-order valence-corrected chi connectivity index (χ4v) is 3.51. The second-order valence-corrected chi connectivity index (χ2v) is 7.73. The second-order valence-electron chi connectivity index (χ2n) is 7.73. The average Bonchev–Trinajstić information content (AvgIpc) is 3.29. The number of aryl methyl sites for hydroxylation is 1. The predicted octanol–water partition coefficient (Wildman–Crippen LogP) is 1.17. The van der Waals surface area contributed by atoms with E-state index in [4.69, 9.17) is 9.47 Å². The van der Waals surface area contributed by atoms with Gasteiger partial charge in [0.25, 0.3) is 11.5 Å². The van der Waals surface area contributed by atoms with Crippen LogP contribution >= 0.6 is 0 Å². The van der Waals surface area contributed by atoms with E-state index in [2.05, 4.69) is 15.5 Å². The molecule has 0 spiro atoms. The van der Waals surface area contributed by atoms with Crippen LogP contribution in [0.5, 0.6) is 11.5 Å². The van der Waals surface area contributed by atoms with E-state index < -0.39 is 17.2 Å². The average molecular weight is 476 g/mol. The van der Waals surface area contributed by atoms with Crippen molar-refractivity contribution in [2.24, 2.45) is 19.2 Å². The van der Waals surface area contributed by atoms with Gasteiger partial charge in [-0.05, 0) is 29.3 Å². The minimum Gasteiger partial charge on any atom is -0.493 e. The van der Waals surface area contributed by atoms with Gasteiger partial charge < -0.3 is 14.0 Å². The summed E-state index contributed by atoms with van der Waals surface area (Å²) in [5, 5.41) is 4.00. The zero-order valence-electron chi connectivity index (χ0n) is 19.5. The fourth-order valence-electron chi connectivity index (χ4n) is 3.51. The Morgan fingerprint density at radius 2 is 1.86 bits per heavy atom. The Labute approximate surface area is 199 Å². The molecular formula is C24H24N6O5. The zero-order valence-corrected chi connectivity index (χ0v) is 19.5. The van der Waals surface area contributed by atoms with Crippen molar-refractivity contribution in [3.8, 4) is 11.5 Å². The lowest BCUT2D eigenvalue weighted by molar-refractivity contribution is -0.121. The monoisotopic (exact) mass is 476 g/mol. The molecule has 2 aromatic carbocycles. The number of aromatic nitrogens is 4. The Morgan fingerprint density at radius 1 is 1.09 bits per heavy atom. The van der Waals surface area contributed by atoms with Crippen LogP contribution in [0.3, 0.4) is 0 Å². The van der Waals surface area contributed by atoms with E-state index in [0.29, 0.717) is 23.7 Å². The summed E-state index contributed by atoms with van der Waals surface area (Å²) in [4.78, 5) is 41.1. The van der Waals surface area contributed by atoms with E-state index in [1.807, 2.05) is 30.3 Å². The summed E-state index contributed by atoms with van der Waals surface area (Å²) >= 11 is 0. The molecule has 0 aliphatic rings. The van der Waals surface area contributed by atoms with E-state index in [-0.39, 0.29) is 17.7 Å². The van der Waals surface area contributed by atoms with Crippen LogP contribution in [-0.2, 0) is 32.0 Å². The van der Waals surface area contributed by atoms with Gasteiger partial charge in [-0.15, -0.1) is 0 Å². The molecule has 180 valence electrons. The van der Waals surface area contributed by atoms with E-state index in [0.717, 1.165) is 10.1 Å². The molecule has 11 nitrogen and oxygen atoms in total. The molecule has 2 heterocycles. The van der Waals surface area contributed by atoms with Crippen molar-refractivity contribution in [2.75, 3.05) is 7.11 Å². The zero-order chi connectivity index (χ0) is 24.9. The highest BCUT2D eigenvalue weighted by Gasteiger charge is 2.15. The number of fused-ring (bicyclic) bond motifs is 1. The van der Waals surface area contributed by atoms with Crippen molar-refractivity contribution in [3.63, 3.8) is 0 Å². The van der Waals surface area contributed by atoms with Crippen molar-refractivity contribution >= 4 is 23.3 Å². The van der Waals surface area contributed by atoms with Gasteiger partial charge in [0, 0.05) is 14.1 Å². The summed E-state index contributed by atoms with van der Waals surface area (Å²) in [6.45, 7) is 0.174. The highest BCUT2D eigenvalue weighted by molar-refractivity contribution is 5.84. The Balaban J connectivity index is 1.44. The van der Waals surface area contributed by atoms with Crippen molar-refractivity contribution < 1.29 is 14.3 Å². The van der Waals surface area contributed by atoms with Crippen molar-refractivity contribution in [3.05, 3.63) is 86.8 Å². The number of amides is 1. The molecule has 0 saturated heterocycles. The molecule has 11 heteroatoms. The summed E-state index contributed by atoms with van der Waals surface area (Å²) in [6.07, 6.45) is 2.82. The Bertz CT molecular complexity index is 1520. The third kappa shape index (κ3) is 4.98. The quantitative estimate of drug-likeness (QED) is 0.301. The van der Waals surface area contributed by atoms with E-state index in [1.165, 1.54) is 35.8 Å². The first-order valence-electron chi connectivity index (χ1n) is 10.7. The number of nitrogens with one attached hydrogen (secondary N) is 1. The molecule has 0 radical (unpaired) electrons. The lowest BCUT2D eigenvalue weighted by atomic mass is 10.2. The molecule has 1 N–H and O–H groups in total. The van der Waals surface area contributed by atoms with E-state index >= 15 is 0 Å². The smallest absolute Gasteiger partial charge is 0.332 e. The molecule has 0 fully saturated rings. The number of nitrogens with zero attached hydrogens (tertiary/aromatic N) is 5. The van der Waals surface area contributed by atoms with Crippen LogP contribution in [0, 0.1) is 0 Å². The summed E-state index contributed by atoms with van der Waals surface area (Å²) in [6, 6.07) is 15.0. The van der Waals surface area contributed by atoms with E-state index in [1.54, 1.807) is 25.3 Å². The molecule has 35 heavy (non-hydrogen) atoms. The van der Waals surface area contributed by atoms with Gasteiger partial charge in [0.15, 0.2) is 22.7 Å². The van der Waals surface area contributed by atoms with E-state index in [9.17, 15) is 14.4 Å². The number of carbonyl (C=O) groups is 1. The molecular weight excluding hydrogens is 452 g/mol. The highest BCUT2D eigenvalue weighted by Crippen LogP contribution is 2.28. The lowest BCUT2D eigenvalue weighted by Crippen LogP contribution is -2.38. The van der Waals surface area contributed by atoms with Gasteiger partial charge >= 0.3 is 5.69 Å². The molecule has 0 atom stereocenters. The number of imidazole rings is 1.